The molecule has 1 amide bonds. The summed E-state index contributed by atoms with van der Waals surface area (Å²) in [6.07, 6.45) is 20.6. The van der Waals surface area contributed by atoms with Gasteiger partial charge in [-0.25, -0.2) is 0 Å². The molecule has 1 aliphatic rings. The Morgan fingerprint density at radius 1 is 0.492 bits per heavy atom. The number of carbonyl (C=O) groups is 4. The summed E-state index contributed by atoms with van der Waals surface area (Å²) in [5.74, 6) is -3.61. The molecule has 6 N–H and O–H groups in total. The quantitative estimate of drug-likeness (QED) is 0.0250. The fourth-order valence-corrected chi connectivity index (χ4v) is 8.59. The van der Waals surface area contributed by atoms with Crippen LogP contribution in [0.25, 0.3) is 0 Å². The van der Waals surface area contributed by atoms with Crippen LogP contribution in [0.4, 0.5) is 0 Å². The van der Waals surface area contributed by atoms with Crippen molar-refractivity contribution in [2.45, 2.75) is 288 Å². The summed E-state index contributed by atoms with van der Waals surface area (Å²) in [5, 5.41) is 55.3. The Morgan fingerprint density at radius 2 is 0.825 bits per heavy atom. The minimum atomic E-state index is -1.51. The second kappa shape index (κ2) is 38.9. The lowest BCUT2D eigenvalue weighted by atomic mass is 9.90. The number of ether oxygens (including phenoxy) is 3. The Balaban J connectivity index is 3.03. The molecule has 1 aliphatic heterocycles. The van der Waals surface area contributed by atoms with E-state index in [0.717, 1.165) is 77.0 Å². The first-order valence-electron chi connectivity index (χ1n) is 25.7. The monoisotopic (exact) mass is 900 g/mol. The van der Waals surface area contributed by atoms with Gasteiger partial charge < -0.3 is 45.1 Å². The van der Waals surface area contributed by atoms with Crippen molar-refractivity contribution < 1.29 is 58.9 Å². The fourth-order valence-electron chi connectivity index (χ4n) is 8.59. The topological polar surface area (TPSA) is 209 Å². The first-order valence-corrected chi connectivity index (χ1v) is 25.7. The van der Waals surface area contributed by atoms with Crippen LogP contribution >= 0.6 is 0 Å². The first-order chi connectivity index (χ1) is 30.4. The summed E-state index contributed by atoms with van der Waals surface area (Å²) in [5.41, 5.74) is 0. The van der Waals surface area contributed by atoms with Gasteiger partial charge in [-0.15, -0.1) is 0 Å². The smallest absolute Gasteiger partial charge is 0.308 e. The van der Waals surface area contributed by atoms with E-state index in [-0.39, 0.29) is 12.8 Å². The number of aliphatic hydroxyl groups is 4. The van der Waals surface area contributed by atoms with Crippen LogP contribution in [0.15, 0.2) is 0 Å². The van der Waals surface area contributed by atoms with Gasteiger partial charge in [0.25, 0.3) is 0 Å². The number of rotatable bonds is 42. The highest BCUT2D eigenvalue weighted by molar-refractivity contribution is 5.77. The Bertz CT molecular complexity index is 1160. The van der Waals surface area contributed by atoms with E-state index in [0.29, 0.717) is 19.3 Å². The van der Waals surface area contributed by atoms with Crippen molar-refractivity contribution >= 4 is 23.8 Å². The Morgan fingerprint density at radius 3 is 1.17 bits per heavy atom. The second-order valence-corrected chi connectivity index (χ2v) is 18.4. The number of hydrogen-bond donors (Lipinski definition) is 6. The molecule has 1 fully saturated rings. The summed E-state index contributed by atoms with van der Waals surface area (Å²) in [6.45, 7) is 5.84. The molecule has 0 aromatic carbocycles. The highest BCUT2D eigenvalue weighted by Gasteiger charge is 2.51. The lowest BCUT2D eigenvalue weighted by molar-refractivity contribution is -0.225. The molecule has 0 aromatic heterocycles. The van der Waals surface area contributed by atoms with Crippen LogP contribution in [-0.2, 0) is 33.4 Å². The van der Waals surface area contributed by atoms with Gasteiger partial charge in [0, 0.05) is 0 Å². The van der Waals surface area contributed by atoms with Gasteiger partial charge in [0.1, 0.15) is 6.10 Å². The number of esters is 2. The number of carboxylic acids is 1. The van der Waals surface area contributed by atoms with E-state index in [4.69, 9.17) is 14.2 Å². The van der Waals surface area contributed by atoms with Crippen molar-refractivity contribution in [1.29, 1.82) is 0 Å². The number of unbranched alkanes of at least 4 members (excludes halogenated alkanes) is 24. The lowest BCUT2D eigenvalue weighted by Gasteiger charge is -2.45. The molecule has 0 saturated carbocycles. The molecular formula is C50H93NO12. The van der Waals surface area contributed by atoms with Crippen LogP contribution in [0.3, 0.4) is 0 Å². The van der Waals surface area contributed by atoms with Crippen LogP contribution < -0.4 is 5.32 Å². The summed E-state index contributed by atoms with van der Waals surface area (Å²) in [6, 6.07) is -1.35. The van der Waals surface area contributed by atoms with Gasteiger partial charge in [-0.1, -0.05) is 194 Å². The van der Waals surface area contributed by atoms with E-state index >= 15 is 0 Å². The minimum Gasteiger partial charge on any atom is -0.481 e. The molecule has 1 saturated heterocycles. The first kappa shape index (κ1) is 58.7. The number of aliphatic carboxylic acids is 1. The predicted octanol–water partition coefficient (Wildman–Crippen LogP) is 9.54. The van der Waals surface area contributed by atoms with E-state index in [1.54, 1.807) is 0 Å². The van der Waals surface area contributed by atoms with Crippen molar-refractivity contribution in [2.24, 2.45) is 0 Å². The third-order valence-corrected chi connectivity index (χ3v) is 12.4. The van der Waals surface area contributed by atoms with Crippen LogP contribution in [0.2, 0.25) is 0 Å². The molecule has 0 spiro atoms. The molecule has 1 rings (SSSR count). The Hall–Kier alpha value is -2.32. The molecule has 370 valence electrons. The average Bonchev–Trinajstić information content (AvgIpc) is 3.23. The number of hydrogen-bond acceptors (Lipinski definition) is 11. The van der Waals surface area contributed by atoms with E-state index in [1.807, 2.05) is 0 Å². The molecule has 0 radical (unpaired) electrons. The number of aliphatic hydroxyl groups excluding tert-OH is 4. The molecular weight excluding hydrogens is 807 g/mol. The van der Waals surface area contributed by atoms with Gasteiger partial charge >= 0.3 is 17.9 Å². The van der Waals surface area contributed by atoms with Crippen molar-refractivity contribution in [1.82, 2.24) is 5.32 Å². The maximum absolute atomic E-state index is 13.5. The van der Waals surface area contributed by atoms with Gasteiger partial charge in [0.05, 0.1) is 62.7 Å². The third-order valence-electron chi connectivity index (χ3n) is 12.4. The number of carboxylic acid groups (broad SMARTS) is 1. The predicted molar refractivity (Wildman–Crippen MR) is 247 cm³/mol. The van der Waals surface area contributed by atoms with Crippen LogP contribution in [0, 0.1) is 0 Å². The van der Waals surface area contributed by atoms with E-state index in [1.165, 1.54) is 96.3 Å². The zero-order valence-corrected chi connectivity index (χ0v) is 40.0. The number of amides is 1. The summed E-state index contributed by atoms with van der Waals surface area (Å²) >= 11 is 0. The van der Waals surface area contributed by atoms with Crippen molar-refractivity contribution in [3.8, 4) is 0 Å². The second-order valence-electron chi connectivity index (χ2n) is 18.4. The summed E-state index contributed by atoms with van der Waals surface area (Å²) < 4.78 is 17.7. The zero-order chi connectivity index (χ0) is 46.5. The van der Waals surface area contributed by atoms with Gasteiger partial charge in [0.2, 0.25) is 5.91 Å². The molecule has 0 aromatic rings. The molecule has 63 heavy (non-hydrogen) atoms. The van der Waals surface area contributed by atoms with Gasteiger partial charge in [-0.3, -0.25) is 19.2 Å². The van der Waals surface area contributed by atoms with Gasteiger partial charge in [0.15, 0.2) is 12.2 Å². The van der Waals surface area contributed by atoms with Crippen molar-refractivity contribution in [2.75, 3.05) is 6.61 Å². The maximum Gasteiger partial charge on any atom is 0.308 e. The normalized spacial score (nSPS) is 20.2. The molecule has 13 heteroatoms. The van der Waals surface area contributed by atoms with Crippen LogP contribution in [0.1, 0.15) is 239 Å². The SMILES string of the molecule is CCCCCCCCCCC[C@@H](O)CC(=O)N[C@@H]1[C@@H](OC(=O)C[C@H](O)CCCCCCCCCCC)[C@H](OC(=O)C[C@H](O)CCCCCCCCCCC)[C@@H](CO)O[C@@H]1CC(=O)O. The molecule has 0 aliphatic carbocycles. The highest BCUT2D eigenvalue weighted by Crippen LogP contribution is 2.30. The van der Waals surface area contributed by atoms with Gasteiger partial charge in [-0.05, 0) is 19.3 Å². The van der Waals surface area contributed by atoms with E-state index in [2.05, 4.69) is 26.1 Å². The number of carbonyl (C=O) groups excluding carboxylic acids is 3. The minimum absolute atomic E-state index is 0.301. The Kier molecular flexibility index (Phi) is 36.2. The van der Waals surface area contributed by atoms with E-state index < -0.39 is 92.0 Å². The van der Waals surface area contributed by atoms with Crippen molar-refractivity contribution in [3.05, 3.63) is 0 Å². The van der Waals surface area contributed by atoms with E-state index in [9.17, 15) is 44.7 Å². The molecule has 13 nitrogen and oxygen atoms in total. The fraction of sp³-hybridized carbons (Fsp3) is 0.920. The van der Waals surface area contributed by atoms with Crippen LogP contribution in [-0.4, -0.2) is 105 Å². The Labute approximate surface area is 381 Å². The number of nitrogens with one attached hydrogen (secondary N) is 1. The largest absolute Gasteiger partial charge is 0.481 e. The summed E-state index contributed by atoms with van der Waals surface area (Å²) in [4.78, 5) is 52.4. The maximum atomic E-state index is 13.5. The lowest BCUT2D eigenvalue weighted by Crippen LogP contribution is -2.66. The molecule has 1 heterocycles. The van der Waals surface area contributed by atoms with Gasteiger partial charge in [-0.2, -0.15) is 0 Å². The highest BCUT2D eigenvalue weighted by atomic mass is 16.6. The molecule has 8 atom stereocenters. The standard InChI is InChI=1S/C50H93NO12/c1-4-7-10-13-16-19-22-25-28-31-39(53)34-44(56)51-48-42(37-45(57)58)61-43(38-52)49(62-46(59)35-40(54)32-29-26-23-20-17-14-11-8-5-2)50(48)63-47(60)36-41(55)33-30-27-24-21-18-15-12-9-6-3/h39-43,48-50,52-55H,4-38H2,1-3H3,(H,51,56)(H,57,58)/t39-,40-,41-,42-,43-,48+,49-,50-/m1/s1. The third kappa shape index (κ3) is 30.5. The summed E-state index contributed by atoms with van der Waals surface area (Å²) in [7, 11) is 0. The average molecular weight is 900 g/mol. The van der Waals surface area contributed by atoms with Crippen LogP contribution in [0.5, 0.6) is 0 Å². The molecule has 0 bridgehead atoms. The molecule has 0 unspecified atom stereocenters. The zero-order valence-electron chi connectivity index (χ0n) is 40.0. The van der Waals surface area contributed by atoms with Crippen molar-refractivity contribution in [3.63, 3.8) is 0 Å².